The Labute approximate surface area is 161 Å². The number of pyridine rings is 1. The van der Waals surface area contributed by atoms with Crippen LogP contribution >= 0.6 is 11.9 Å². The van der Waals surface area contributed by atoms with Gasteiger partial charge in [0.25, 0.3) is 0 Å². The van der Waals surface area contributed by atoms with Gasteiger partial charge in [-0.25, -0.2) is 9.67 Å². The van der Waals surface area contributed by atoms with Crippen LogP contribution in [0, 0.1) is 0 Å². The molecule has 27 heavy (non-hydrogen) atoms. The molecule has 0 amide bonds. The van der Waals surface area contributed by atoms with Crippen LogP contribution < -0.4 is 10.0 Å². The third kappa shape index (κ3) is 3.54. The average molecular weight is 379 g/mol. The van der Waals surface area contributed by atoms with Crippen molar-refractivity contribution >= 4 is 28.5 Å². The van der Waals surface area contributed by atoms with Gasteiger partial charge in [0.1, 0.15) is 0 Å². The Hall–Kier alpha value is -2.84. The smallest absolute Gasteiger partial charge is 0.153 e. The number of hydrogen-bond acceptors (Lipinski definition) is 6. The Kier molecular flexibility index (Phi) is 4.83. The summed E-state index contributed by atoms with van der Waals surface area (Å²) in [5, 5.41) is 13.1. The quantitative estimate of drug-likeness (QED) is 0.499. The first-order valence-electron chi connectivity index (χ1n) is 8.67. The van der Waals surface area contributed by atoms with Gasteiger partial charge < -0.3 is 10.0 Å². The van der Waals surface area contributed by atoms with Crippen LogP contribution in [0.2, 0.25) is 0 Å². The third-order valence-electron chi connectivity index (χ3n) is 4.54. The summed E-state index contributed by atoms with van der Waals surface area (Å²) in [5.74, 6) is 0.801. The molecule has 3 aromatic heterocycles. The molecule has 4 rings (SSSR count). The minimum atomic E-state index is 0.261. The molecular weight excluding hydrogens is 358 g/mol. The van der Waals surface area contributed by atoms with E-state index in [4.69, 9.17) is 0 Å². The molecule has 1 atom stereocenters. The van der Waals surface area contributed by atoms with Gasteiger partial charge in [-0.3, -0.25) is 4.68 Å². The highest BCUT2D eigenvalue weighted by Crippen LogP contribution is 2.28. The SMILES string of the molecule is CNC(C)c1ccnc(-n2cc(SNc3cccc4cnn(C)c34)cn2)c1. The number of para-hydroxylation sites is 1. The third-order valence-corrected chi connectivity index (χ3v) is 5.30. The van der Waals surface area contributed by atoms with Crippen molar-refractivity contribution in [2.24, 2.45) is 7.05 Å². The van der Waals surface area contributed by atoms with Crippen molar-refractivity contribution < 1.29 is 0 Å². The van der Waals surface area contributed by atoms with Gasteiger partial charge in [-0.05, 0) is 49.7 Å². The minimum absolute atomic E-state index is 0.261. The van der Waals surface area contributed by atoms with Gasteiger partial charge in [-0.15, -0.1) is 0 Å². The Morgan fingerprint density at radius 3 is 2.89 bits per heavy atom. The second-order valence-electron chi connectivity index (χ2n) is 6.29. The lowest BCUT2D eigenvalue weighted by Crippen LogP contribution is -2.13. The minimum Gasteiger partial charge on any atom is -0.324 e. The van der Waals surface area contributed by atoms with Crippen LogP contribution in [0.25, 0.3) is 16.7 Å². The van der Waals surface area contributed by atoms with E-state index in [-0.39, 0.29) is 6.04 Å². The van der Waals surface area contributed by atoms with Crippen LogP contribution in [-0.4, -0.2) is 31.6 Å². The normalized spacial score (nSPS) is 12.4. The summed E-state index contributed by atoms with van der Waals surface area (Å²) in [4.78, 5) is 5.44. The van der Waals surface area contributed by atoms with Crippen LogP contribution in [-0.2, 0) is 7.05 Å². The standard InChI is InChI=1S/C19H21N7S/c1-13(20-2)14-7-8-21-18(9-14)26-12-16(11-23-26)27-24-17-6-4-5-15-10-22-25(3)19(15)17/h4-13,20,24H,1-3H3. The summed E-state index contributed by atoms with van der Waals surface area (Å²) in [5.41, 5.74) is 3.27. The molecule has 3 heterocycles. The number of anilines is 1. The summed E-state index contributed by atoms with van der Waals surface area (Å²) in [6, 6.07) is 10.4. The van der Waals surface area contributed by atoms with E-state index in [1.807, 2.05) is 67.8 Å². The highest BCUT2D eigenvalue weighted by atomic mass is 32.2. The summed E-state index contributed by atoms with van der Waals surface area (Å²) in [6.45, 7) is 2.12. The molecule has 1 aromatic carbocycles. The van der Waals surface area contributed by atoms with Gasteiger partial charge in [0.05, 0.1) is 28.5 Å². The van der Waals surface area contributed by atoms with Crippen LogP contribution in [0.1, 0.15) is 18.5 Å². The highest BCUT2D eigenvalue weighted by molar-refractivity contribution is 8.00. The van der Waals surface area contributed by atoms with E-state index < -0.39 is 0 Å². The fraction of sp³-hybridized carbons (Fsp3) is 0.211. The molecule has 0 fully saturated rings. The van der Waals surface area contributed by atoms with Crippen LogP contribution in [0.15, 0.2) is 60.0 Å². The fourth-order valence-electron chi connectivity index (χ4n) is 2.91. The fourth-order valence-corrected chi connectivity index (χ4v) is 3.55. The molecule has 0 aliphatic rings. The Bertz CT molecular complexity index is 1070. The van der Waals surface area contributed by atoms with E-state index in [1.165, 1.54) is 17.5 Å². The molecule has 0 radical (unpaired) electrons. The van der Waals surface area contributed by atoms with Crippen molar-refractivity contribution in [1.29, 1.82) is 0 Å². The number of fused-ring (bicyclic) bond motifs is 1. The monoisotopic (exact) mass is 379 g/mol. The summed E-state index contributed by atoms with van der Waals surface area (Å²) < 4.78 is 7.07. The van der Waals surface area contributed by atoms with Crippen molar-refractivity contribution in [3.05, 3.63) is 60.7 Å². The number of aryl methyl sites for hydroxylation is 1. The van der Waals surface area contributed by atoms with Gasteiger partial charge in [0, 0.05) is 30.9 Å². The molecule has 0 saturated heterocycles. The van der Waals surface area contributed by atoms with Crippen molar-refractivity contribution in [3.63, 3.8) is 0 Å². The van der Waals surface area contributed by atoms with Crippen molar-refractivity contribution in [2.45, 2.75) is 17.9 Å². The maximum Gasteiger partial charge on any atom is 0.153 e. The lowest BCUT2D eigenvalue weighted by Gasteiger charge is -2.11. The summed E-state index contributed by atoms with van der Waals surface area (Å²) in [7, 11) is 3.89. The van der Waals surface area contributed by atoms with Crippen molar-refractivity contribution in [1.82, 2.24) is 29.9 Å². The molecule has 138 valence electrons. The molecule has 1 unspecified atom stereocenters. The molecule has 0 bridgehead atoms. The van der Waals surface area contributed by atoms with Crippen LogP contribution in [0.3, 0.4) is 0 Å². The van der Waals surface area contributed by atoms with Gasteiger partial charge in [-0.1, -0.05) is 12.1 Å². The van der Waals surface area contributed by atoms with Crippen LogP contribution in [0.4, 0.5) is 5.69 Å². The zero-order chi connectivity index (χ0) is 18.8. The first kappa shape index (κ1) is 17.6. The van der Waals surface area contributed by atoms with Crippen LogP contribution in [0.5, 0.6) is 0 Å². The predicted octanol–water partition coefficient (Wildman–Crippen LogP) is 3.55. The van der Waals surface area contributed by atoms with E-state index in [0.717, 1.165) is 27.3 Å². The lowest BCUT2D eigenvalue weighted by molar-refractivity contribution is 0.649. The number of aromatic nitrogens is 5. The van der Waals surface area contributed by atoms with E-state index in [0.29, 0.717) is 0 Å². The topological polar surface area (TPSA) is 72.6 Å². The maximum absolute atomic E-state index is 4.45. The van der Waals surface area contributed by atoms with E-state index >= 15 is 0 Å². The van der Waals surface area contributed by atoms with Gasteiger partial charge in [0.15, 0.2) is 5.82 Å². The van der Waals surface area contributed by atoms with E-state index in [1.54, 1.807) is 4.68 Å². The Morgan fingerprint density at radius 1 is 1.15 bits per heavy atom. The van der Waals surface area contributed by atoms with Gasteiger partial charge in [0.2, 0.25) is 0 Å². The second-order valence-corrected chi connectivity index (χ2v) is 7.17. The maximum atomic E-state index is 4.45. The average Bonchev–Trinajstić information content (AvgIpc) is 3.33. The molecule has 0 aliphatic carbocycles. The molecule has 8 heteroatoms. The molecule has 2 N–H and O–H groups in total. The number of hydrogen-bond donors (Lipinski definition) is 2. The highest BCUT2D eigenvalue weighted by Gasteiger charge is 2.09. The molecule has 0 aliphatic heterocycles. The largest absolute Gasteiger partial charge is 0.324 e. The second kappa shape index (κ2) is 7.42. The van der Waals surface area contributed by atoms with Crippen molar-refractivity contribution in [3.8, 4) is 5.82 Å². The first-order chi connectivity index (χ1) is 13.2. The van der Waals surface area contributed by atoms with E-state index in [9.17, 15) is 0 Å². The van der Waals surface area contributed by atoms with E-state index in [2.05, 4.69) is 38.2 Å². The van der Waals surface area contributed by atoms with Gasteiger partial charge in [-0.2, -0.15) is 10.2 Å². The predicted molar refractivity (Wildman–Crippen MR) is 109 cm³/mol. The molecule has 7 nitrogen and oxygen atoms in total. The number of nitrogens with one attached hydrogen (secondary N) is 2. The zero-order valence-corrected chi connectivity index (χ0v) is 16.2. The summed E-state index contributed by atoms with van der Waals surface area (Å²) >= 11 is 1.52. The Morgan fingerprint density at radius 2 is 2.04 bits per heavy atom. The number of nitrogens with zero attached hydrogens (tertiary/aromatic N) is 5. The number of benzene rings is 1. The molecule has 0 spiro atoms. The summed E-state index contributed by atoms with van der Waals surface area (Å²) in [6.07, 6.45) is 7.48. The lowest BCUT2D eigenvalue weighted by atomic mass is 10.1. The first-order valence-corrected chi connectivity index (χ1v) is 9.49. The molecule has 0 saturated carbocycles. The zero-order valence-electron chi connectivity index (χ0n) is 15.4. The molecule has 4 aromatic rings. The van der Waals surface area contributed by atoms with Gasteiger partial charge >= 0.3 is 0 Å². The molecular formula is C19H21N7S. The Balaban J connectivity index is 1.52. The van der Waals surface area contributed by atoms with Crippen molar-refractivity contribution in [2.75, 3.05) is 11.8 Å². The number of rotatable bonds is 6.